The fraction of sp³-hybridized carbons (Fsp3) is 0.417. The highest BCUT2D eigenvalue weighted by molar-refractivity contribution is 5.44. The number of aliphatic hydroxyl groups is 1. The Labute approximate surface area is 90.6 Å². The Bertz CT molecular complexity index is 310. The second-order valence-electron chi connectivity index (χ2n) is 3.22. The molecule has 0 aliphatic rings. The molecule has 3 nitrogen and oxygen atoms in total. The van der Waals surface area contributed by atoms with E-state index in [0.717, 1.165) is 5.56 Å². The predicted molar refractivity (Wildman–Crippen MR) is 59.3 cm³/mol. The third-order valence-electron chi connectivity index (χ3n) is 2.18. The number of hydrogen-bond acceptors (Lipinski definition) is 3. The SMILES string of the molecule is [CH2]C(CO)c1ccc(OCC)c(OC)c1. The van der Waals surface area contributed by atoms with E-state index in [1.165, 1.54) is 0 Å². The van der Waals surface area contributed by atoms with Crippen molar-refractivity contribution >= 4 is 0 Å². The van der Waals surface area contributed by atoms with Gasteiger partial charge in [-0.1, -0.05) is 6.07 Å². The van der Waals surface area contributed by atoms with Crippen LogP contribution in [0, 0.1) is 6.92 Å². The molecule has 0 bridgehead atoms. The van der Waals surface area contributed by atoms with Crippen LogP contribution in [0.15, 0.2) is 18.2 Å². The van der Waals surface area contributed by atoms with Gasteiger partial charge in [0.05, 0.1) is 13.7 Å². The van der Waals surface area contributed by atoms with Crippen LogP contribution in [0.4, 0.5) is 0 Å². The number of aliphatic hydroxyl groups excluding tert-OH is 1. The van der Waals surface area contributed by atoms with Crippen molar-refractivity contribution in [3.05, 3.63) is 30.7 Å². The molecule has 15 heavy (non-hydrogen) atoms. The minimum absolute atomic E-state index is 0.0249. The van der Waals surface area contributed by atoms with E-state index in [4.69, 9.17) is 14.6 Å². The van der Waals surface area contributed by atoms with Gasteiger partial charge in [0.2, 0.25) is 0 Å². The minimum Gasteiger partial charge on any atom is -0.493 e. The van der Waals surface area contributed by atoms with E-state index in [1.807, 2.05) is 25.1 Å². The van der Waals surface area contributed by atoms with E-state index in [0.29, 0.717) is 18.1 Å². The van der Waals surface area contributed by atoms with Crippen LogP contribution < -0.4 is 9.47 Å². The molecule has 1 aromatic rings. The van der Waals surface area contributed by atoms with Crippen LogP contribution in [-0.4, -0.2) is 25.4 Å². The summed E-state index contributed by atoms with van der Waals surface area (Å²) in [6.07, 6.45) is 0. The third kappa shape index (κ3) is 2.86. The molecule has 1 atom stereocenters. The van der Waals surface area contributed by atoms with Gasteiger partial charge in [0.1, 0.15) is 0 Å². The number of hydrogen-bond donors (Lipinski definition) is 1. The first kappa shape index (κ1) is 11.9. The van der Waals surface area contributed by atoms with Crippen molar-refractivity contribution in [2.24, 2.45) is 0 Å². The first-order chi connectivity index (χ1) is 7.22. The molecular weight excluding hydrogens is 192 g/mol. The molecule has 0 aliphatic heterocycles. The summed E-state index contributed by atoms with van der Waals surface area (Å²) in [6.45, 7) is 6.38. The summed E-state index contributed by atoms with van der Waals surface area (Å²) in [7, 11) is 1.60. The summed E-state index contributed by atoms with van der Waals surface area (Å²) < 4.78 is 10.6. The highest BCUT2D eigenvalue weighted by Crippen LogP contribution is 2.30. The minimum atomic E-state index is -0.130. The maximum Gasteiger partial charge on any atom is 0.161 e. The molecule has 1 aromatic carbocycles. The van der Waals surface area contributed by atoms with Gasteiger partial charge in [-0.25, -0.2) is 0 Å². The van der Waals surface area contributed by atoms with Gasteiger partial charge in [-0.3, -0.25) is 0 Å². The van der Waals surface area contributed by atoms with Gasteiger partial charge in [0, 0.05) is 12.5 Å². The maximum atomic E-state index is 8.99. The van der Waals surface area contributed by atoms with Crippen molar-refractivity contribution in [2.45, 2.75) is 12.8 Å². The standard InChI is InChI=1S/C12H17O3/c1-4-15-11-6-5-10(9(2)8-13)7-12(11)14-3/h5-7,9,13H,2,4,8H2,1,3H3. The molecule has 0 spiro atoms. The molecule has 0 saturated carbocycles. The van der Waals surface area contributed by atoms with E-state index < -0.39 is 0 Å². The summed E-state index contributed by atoms with van der Waals surface area (Å²) in [6, 6.07) is 5.58. The zero-order chi connectivity index (χ0) is 11.3. The van der Waals surface area contributed by atoms with Crippen molar-refractivity contribution in [1.82, 2.24) is 0 Å². The summed E-state index contributed by atoms with van der Waals surface area (Å²) in [5.41, 5.74) is 0.942. The van der Waals surface area contributed by atoms with Gasteiger partial charge in [-0.15, -0.1) is 0 Å². The van der Waals surface area contributed by atoms with E-state index in [2.05, 4.69) is 6.92 Å². The normalized spacial score (nSPS) is 12.3. The Morgan fingerprint density at radius 1 is 1.40 bits per heavy atom. The van der Waals surface area contributed by atoms with E-state index in [9.17, 15) is 0 Å². The summed E-state index contributed by atoms with van der Waals surface area (Å²) in [5.74, 6) is 1.26. The molecule has 0 aliphatic carbocycles. The van der Waals surface area contributed by atoms with Crippen LogP contribution in [0.3, 0.4) is 0 Å². The molecule has 83 valence electrons. The second kappa shape index (κ2) is 5.61. The van der Waals surface area contributed by atoms with Crippen LogP contribution in [-0.2, 0) is 0 Å². The molecule has 0 fully saturated rings. The summed E-state index contributed by atoms with van der Waals surface area (Å²) in [5, 5.41) is 8.99. The van der Waals surface area contributed by atoms with Crippen molar-refractivity contribution < 1.29 is 14.6 Å². The van der Waals surface area contributed by atoms with E-state index >= 15 is 0 Å². The van der Waals surface area contributed by atoms with Gasteiger partial charge >= 0.3 is 0 Å². The first-order valence-corrected chi connectivity index (χ1v) is 4.97. The van der Waals surface area contributed by atoms with Crippen molar-refractivity contribution in [3.8, 4) is 11.5 Å². The fourth-order valence-corrected chi connectivity index (χ4v) is 1.32. The quantitative estimate of drug-likeness (QED) is 0.806. The molecule has 1 radical (unpaired) electrons. The average molecular weight is 209 g/mol. The lowest BCUT2D eigenvalue weighted by Crippen LogP contribution is -2.01. The van der Waals surface area contributed by atoms with E-state index in [-0.39, 0.29) is 12.5 Å². The lowest BCUT2D eigenvalue weighted by Gasteiger charge is -2.13. The first-order valence-electron chi connectivity index (χ1n) is 4.97. The molecule has 0 saturated heterocycles. The monoisotopic (exact) mass is 209 g/mol. The lowest BCUT2D eigenvalue weighted by molar-refractivity contribution is 0.281. The molecule has 1 rings (SSSR count). The topological polar surface area (TPSA) is 38.7 Å². The van der Waals surface area contributed by atoms with Gasteiger partial charge in [-0.2, -0.15) is 0 Å². The van der Waals surface area contributed by atoms with Crippen molar-refractivity contribution in [1.29, 1.82) is 0 Å². The Kier molecular flexibility index (Phi) is 4.43. The highest BCUT2D eigenvalue weighted by Gasteiger charge is 2.09. The molecule has 1 N–H and O–H groups in total. The third-order valence-corrected chi connectivity index (χ3v) is 2.18. The molecule has 1 unspecified atom stereocenters. The summed E-state index contributed by atoms with van der Waals surface area (Å²) in [4.78, 5) is 0. The average Bonchev–Trinajstić information content (AvgIpc) is 2.29. The van der Waals surface area contributed by atoms with E-state index in [1.54, 1.807) is 7.11 Å². The Morgan fingerprint density at radius 2 is 2.13 bits per heavy atom. The molecule has 0 aromatic heterocycles. The van der Waals surface area contributed by atoms with Gasteiger partial charge < -0.3 is 14.6 Å². The second-order valence-corrected chi connectivity index (χ2v) is 3.22. The van der Waals surface area contributed by atoms with Crippen LogP contribution in [0.5, 0.6) is 11.5 Å². The smallest absolute Gasteiger partial charge is 0.161 e. The number of rotatable bonds is 5. The fourth-order valence-electron chi connectivity index (χ4n) is 1.32. The van der Waals surface area contributed by atoms with Gasteiger partial charge in [0.25, 0.3) is 0 Å². The van der Waals surface area contributed by atoms with Gasteiger partial charge in [0.15, 0.2) is 11.5 Å². The summed E-state index contributed by atoms with van der Waals surface area (Å²) >= 11 is 0. The van der Waals surface area contributed by atoms with Crippen LogP contribution in [0.1, 0.15) is 18.4 Å². The van der Waals surface area contributed by atoms with Gasteiger partial charge in [-0.05, 0) is 31.5 Å². The zero-order valence-electron chi connectivity index (χ0n) is 9.19. The molecule has 0 amide bonds. The Morgan fingerprint density at radius 3 is 2.67 bits per heavy atom. The maximum absolute atomic E-state index is 8.99. The lowest BCUT2D eigenvalue weighted by atomic mass is 10.0. The van der Waals surface area contributed by atoms with Crippen molar-refractivity contribution in [3.63, 3.8) is 0 Å². The van der Waals surface area contributed by atoms with Crippen LogP contribution in [0.25, 0.3) is 0 Å². The predicted octanol–water partition coefficient (Wildman–Crippen LogP) is 2.00. The molecule has 0 heterocycles. The number of ether oxygens (including phenoxy) is 2. The Balaban J connectivity index is 2.96. The Hall–Kier alpha value is -1.22. The largest absolute Gasteiger partial charge is 0.493 e. The molecule has 3 heteroatoms. The molecular formula is C12H17O3. The zero-order valence-corrected chi connectivity index (χ0v) is 9.19. The van der Waals surface area contributed by atoms with Crippen LogP contribution in [0.2, 0.25) is 0 Å². The van der Waals surface area contributed by atoms with Crippen LogP contribution >= 0.6 is 0 Å². The number of methoxy groups -OCH3 is 1. The number of benzene rings is 1. The van der Waals surface area contributed by atoms with Crippen molar-refractivity contribution in [2.75, 3.05) is 20.3 Å². The highest BCUT2D eigenvalue weighted by atomic mass is 16.5.